The number of ketones is 6. The largest absolute Gasteiger partial charge is 0.493 e. The van der Waals surface area contributed by atoms with Crippen LogP contribution < -0.4 is 14.2 Å². The van der Waals surface area contributed by atoms with Crippen LogP contribution in [0.25, 0.3) is 106 Å². The maximum Gasteiger partial charge on any atom is 0.343 e. The van der Waals surface area contributed by atoms with Crippen molar-refractivity contribution < 1.29 is 102 Å². The van der Waals surface area contributed by atoms with Crippen molar-refractivity contribution in [2.24, 2.45) is 0 Å². The molecule has 6 aliphatic carbocycles. The summed E-state index contributed by atoms with van der Waals surface area (Å²) in [5.74, 6) is 2.46. The minimum absolute atomic E-state index is 0.00467. The van der Waals surface area contributed by atoms with E-state index in [4.69, 9.17) is 58.3 Å². The van der Waals surface area contributed by atoms with Crippen LogP contribution in [-0.2, 0) is 36.9 Å². The second-order valence-corrected chi connectivity index (χ2v) is 32.2. The first kappa shape index (κ1) is 93.4. The Morgan fingerprint density at radius 3 is 1.16 bits per heavy atom. The Morgan fingerprint density at radius 1 is 0.353 bits per heavy atom. The van der Waals surface area contributed by atoms with Gasteiger partial charge in [0, 0.05) is 130 Å². The molecule has 1 atom stereocenters. The van der Waals surface area contributed by atoms with E-state index in [9.17, 15) is 43.8 Å². The molecule has 15 aromatic rings. The third kappa shape index (κ3) is 20.8. The summed E-state index contributed by atoms with van der Waals surface area (Å²) in [6, 6.07) is 89.2. The van der Waals surface area contributed by atoms with Crippen molar-refractivity contribution in [1.29, 1.82) is 0 Å². The molecule has 0 bridgehead atoms. The lowest BCUT2D eigenvalue weighted by molar-refractivity contribution is 0.0131. The highest BCUT2D eigenvalue weighted by atomic mass is 16.5. The van der Waals surface area contributed by atoms with Gasteiger partial charge in [0.2, 0.25) is 0 Å². The maximum atomic E-state index is 12.9. The van der Waals surface area contributed by atoms with Gasteiger partial charge < -0.3 is 68.5 Å². The normalized spacial score (nSPS) is 13.4. The van der Waals surface area contributed by atoms with Gasteiger partial charge in [-0.3, -0.25) is 28.8 Å². The lowest BCUT2D eigenvalue weighted by Crippen LogP contribution is -2.22. The molecule has 0 saturated carbocycles. The fourth-order valence-electron chi connectivity index (χ4n) is 16.9. The molecule has 21 nitrogen and oxygen atoms in total. The number of methoxy groups -OCH3 is 1. The number of aliphatic hydroxyl groups is 6. The van der Waals surface area contributed by atoms with Gasteiger partial charge in [0.05, 0.1) is 72.1 Å². The second kappa shape index (κ2) is 43.7. The van der Waals surface area contributed by atoms with E-state index in [0.717, 1.165) is 126 Å². The summed E-state index contributed by atoms with van der Waals surface area (Å²) in [7, 11) is 1.55. The predicted molar refractivity (Wildman–Crippen MR) is 527 cm³/mol. The fourth-order valence-corrected chi connectivity index (χ4v) is 16.9. The number of hydrogen-bond acceptors (Lipinski definition) is 21. The van der Waals surface area contributed by atoms with Gasteiger partial charge in [-0.2, -0.15) is 0 Å². The Kier molecular flexibility index (Phi) is 30.0. The predicted octanol–water partition coefficient (Wildman–Crippen LogP) is 19.8. The van der Waals surface area contributed by atoms with E-state index in [1.165, 1.54) is 18.2 Å². The van der Waals surface area contributed by atoms with Crippen LogP contribution in [0.5, 0.6) is 17.2 Å². The number of carbonyl (C=O) groups is 7. The smallest absolute Gasteiger partial charge is 0.343 e. The summed E-state index contributed by atoms with van der Waals surface area (Å²) >= 11 is 0. The Morgan fingerprint density at radius 2 is 0.743 bits per heavy atom. The summed E-state index contributed by atoms with van der Waals surface area (Å²) in [6.07, 6.45) is 11.4. The van der Waals surface area contributed by atoms with Crippen molar-refractivity contribution in [3.05, 3.63) is 416 Å². The van der Waals surface area contributed by atoms with Crippen LogP contribution in [0, 0.1) is 0 Å². The highest BCUT2D eigenvalue weighted by Crippen LogP contribution is 2.41. The Balaban J connectivity index is 0.000000119. The second-order valence-electron chi connectivity index (χ2n) is 32.2. The molecule has 680 valence electrons. The van der Waals surface area contributed by atoms with Crippen molar-refractivity contribution in [2.75, 3.05) is 79.8 Å². The maximum absolute atomic E-state index is 12.9. The van der Waals surface area contributed by atoms with E-state index in [-0.39, 0.29) is 99.9 Å². The molecular formula is C115H94O21. The molecule has 0 saturated heterocycles. The average molecular weight is 1810 g/mol. The van der Waals surface area contributed by atoms with Crippen molar-refractivity contribution in [2.45, 2.75) is 25.7 Å². The van der Waals surface area contributed by atoms with Gasteiger partial charge in [0.1, 0.15) is 49.0 Å². The van der Waals surface area contributed by atoms with Gasteiger partial charge in [-0.05, 0) is 120 Å². The summed E-state index contributed by atoms with van der Waals surface area (Å²) in [5.41, 5.74) is 14.6. The van der Waals surface area contributed by atoms with Crippen LogP contribution in [0.15, 0.2) is 327 Å². The number of esters is 1. The molecule has 0 amide bonds. The van der Waals surface area contributed by atoms with E-state index in [1.807, 2.05) is 243 Å². The third-order valence-electron chi connectivity index (χ3n) is 23.4. The number of carbonyl (C=O) groups excluding carboxylic acids is 7. The molecule has 1 unspecified atom stereocenters. The van der Waals surface area contributed by atoms with Crippen molar-refractivity contribution >= 4 is 147 Å². The zero-order valence-corrected chi connectivity index (χ0v) is 74.2. The van der Waals surface area contributed by atoms with Gasteiger partial charge in [-0.15, -0.1) is 0 Å². The number of allylic oxidation sites excluding steroid dienone is 3. The van der Waals surface area contributed by atoms with Crippen LogP contribution >= 0.6 is 0 Å². The summed E-state index contributed by atoms with van der Waals surface area (Å²) in [5, 5.41) is 65.6. The number of rotatable bonds is 27. The lowest BCUT2D eigenvalue weighted by atomic mass is 9.88. The molecular weight excluding hydrogens is 1720 g/mol. The lowest BCUT2D eigenvalue weighted by Gasteiger charge is -2.18. The van der Waals surface area contributed by atoms with Gasteiger partial charge in [0.25, 0.3) is 0 Å². The van der Waals surface area contributed by atoms with E-state index in [0.29, 0.717) is 106 Å². The van der Waals surface area contributed by atoms with Crippen LogP contribution in [0.2, 0.25) is 0 Å². The minimum Gasteiger partial charge on any atom is -0.493 e. The standard InChI is InChI=1S/C22H18O4.C22H14O3.C21H16O3.2C17H16O4.C16H14O3/c1-25-20-10-14(12-23)8-9-19(20)26-13-17-11-16-6-2-4-15-5-3-7-18(21(15)16)22(17)24;1-2-14-9-11-16(12-10-14)22(24)25-20-13-19(23)17-7-3-5-15-6-4-8-18(20)21(15)17;22-12-14-7-9-18(10-8-14)24-13-17-11-16-5-1-3-15-4-2-6-19(20(15)16)21(17)23;18-8-14(19)10-21-9-13-7-12-5-1-3-11-4-2-6-15(16(11)12)17(13)20;18-7-8-20-9-10-21-16-11-15(19)13-5-1-3-12-4-2-6-14(16)17(12)13;17-8-3-9-19-15-10-14(18)12-6-1-4-11-5-2-7-13(15)16(11)12/h2-11,23H,12-13H2,1H3;2-13H,1H2;1-11,22H,12-13H2;1-7,14,18-19H,8-10H2;1-6,11,18H,7-10H2;1-2,4-7,10,17H,3,8-9H2. The average Bonchev–Trinajstić information content (AvgIpc) is 0.768. The molecule has 0 radical (unpaired) electrons. The SMILES string of the molecule is C=Cc1ccc(C(=O)OC2=CC(=O)c3cccc4cccc2c34)cc1.COc1cc(CO)ccc1OCC1=Cc2cccc3cccc(c23)C1=O.O=C1C(COCC(O)CO)=Cc2cccc3cccc1c23.O=C1C(COc2ccc(CO)cc2)=Cc2cccc3cccc1c23.O=C1C=C(OCCCO)c2cccc3cccc1c23.O=C1C=C(OCCOCCO)c2cccc3cccc1c23. The van der Waals surface area contributed by atoms with Crippen LogP contribution in [0.3, 0.4) is 0 Å². The number of aliphatic hydroxyl groups excluding tert-OH is 6. The third-order valence-corrected chi connectivity index (χ3v) is 23.4. The Bertz CT molecular complexity index is 7340. The van der Waals surface area contributed by atoms with E-state index in [1.54, 1.807) is 73.8 Å². The molecule has 136 heavy (non-hydrogen) atoms. The first-order valence-corrected chi connectivity index (χ1v) is 44.2. The number of Topliss-reactive ketones (excluding diaryl/α,β-unsaturated/α-hetero) is 3. The number of hydrogen-bond donors (Lipinski definition) is 6. The molecule has 0 aliphatic heterocycles. The molecule has 0 heterocycles. The highest BCUT2D eigenvalue weighted by molar-refractivity contribution is 6.27. The van der Waals surface area contributed by atoms with Gasteiger partial charge in [-0.1, -0.05) is 261 Å². The monoisotopic (exact) mass is 1810 g/mol. The summed E-state index contributed by atoms with van der Waals surface area (Å²) in [6.45, 7) is 5.29. The molecule has 0 fully saturated rings. The minimum atomic E-state index is -0.917. The number of ether oxygens (including phenoxy) is 8. The van der Waals surface area contributed by atoms with Gasteiger partial charge in [-0.25, -0.2) is 4.79 Å². The first-order valence-electron chi connectivity index (χ1n) is 44.2. The molecule has 21 rings (SSSR count). The molecule has 0 aromatic heterocycles. The molecule has 15 aromatic carbocycles. The zero-order valence-electron chi connectivity index (χ0n) is 74.2. The van der Waals surface area contributed by atoms with Gasteiger partial charge >= 0.3 is 5.97 Å². The summed E-state index contributed by atoms with van der Waals surface area (Å²) in [4.78, 5) is 87.3. The van der Waals surface area contributed by atoms with E-state index >= 15 is 0 Å². The van der Waals surface area contributed by atoms with Crippen molar-refractivity contribution in [3.8, 4) is 17.2 Å². The van der Waals surface area contributed by atoms with Crippen LogP contribution in [-0.4, -0.2) is 157 Å². The topological polar surface area (TPSA) is 315 Å². The fraction of sp³-hybridized carbons (Fsp3) is 0.139. The van der Waals surface area contributed by atoms with Gasteiger partial charge in [0.15, 0.2) is 46.2 Å². The Hall–Kier alpha value is -15.8. The van der Waals surface area contributed by atoms with E-state index in [2.05, 4.69) is 6.58 Å². The Labute approximate surface area is 782 Å². The summed E-state index contributed by atoms with van der Waals surface area (Å²) < 4.78 is 44.2. The molecule has 6 aliphatic rings. The first-order chi connectivity index (χ1) is 66.5. The van der Waals surface area contributed by atoms with Crippen LogP contribution in [0.1, 0.15) is 129 Å². The van der Waals surface area contributed by atoms with E-state index < -0.39 is 12.1 Å². The molecule has 21 heteroatoms. The van der Waals surface area contributed by atoms with Crippen molar-refractivity contribution in [3.63, 3.8) is 0 Å². The molecule has 0 spiro atoms. The number of benzene rings is 15. The molecule has 6 N–H and O–H groups in total. The highest BCUT2D eigenvalue weighted by Gasteiger charge is 2.30. The van der Waals surface area contributed by atoms with Crippen LogP contribution in [0.4, 0.5) is 0 Å². The zero-order chi connectivity index (χ0) is 94.7. The van der Waals surface area contributed by atoms with Crippen molar-refractivity contribution in [1.82, 2.24) is 0 Å². The quantitative estimate of drug-likeness (QED) is 0.0206.